The first-order valence-corrected chi connectivity index (χ1v) is 8.01. The standard InChI is InChI=1S/C14H28O11/c1-2-23-13(22)12(8(18)6(17)3-4-15)25-14-11(21)10(20)9(19)7(5-16)24-14/h6-22H,2-5H2,1H3. The first kappa shape index (κ1) is 22.6. The lowest BCUT2D eigenvalue weighted by Gasteiger charge is -2.42. The van der Waals surface area contributed by atoms with Gasteiger partial charge in [-0.25, -0.2) is 0 Å². The van der Waals surface area contributed by atoms with Gasteiger partial charge in [0.25, 0.3) is 0 Å². The van der Waals surface area contributed by atoms with Crippen LogP contribution in [0.25, 0.3) is 0 Å². The topological polar surface area (TPSA) is 190 Å². The Balaban J connectivity index is 2.91. The van der Waals surface area contributed by atoms with Crippen LogP contribution in [0.4, 0.5) is 0 Å². The molecule has 150 valence electrons. The van der Waals surface area contributed by atoms with E-state index in [1.807, 2.05) is 0 Å². The summed E-state index contributed by atoms with van der Waals surface area (Å²) in [7, 11) is 0. The van der Waals surface area contributed by atoms with Crippen LogP contribution in [0.1, 0.15) is 13.3 Å². The molecule has 25 heavy (non-hydrogen) atoms. The highest BCUT2D eigenvalue weighted by atomic mass is 16.7. The van der Waals surface area contributed by atoms with E-state index in [1.54, 1.807) is 6.92 Å². The molecule has 8 N–H and O–H groups in total. The molecule has 1 aliphatic heterocycles. The molecule has 0 amide bonds. The van der Waals surface area contributed by atoms with Crippen molar-refractivity contribution in [1.29, 1.82) is 0 Å². The number of hydrogen-bond acceptors (Lipinski definition) is 11. The first-order valence-electron chi connectivity index (χ1n) is 8.01. The third kappa shape index (κ3) is 5.77. The van der Waals surface area contributed by atoms with E-state index in [9.17, 15) is 30.6 Å². The molecule has 1 rings (SSSR count). The highest BCUT2D eigenvalue weighted by molar-refractivity contribution is 4.90. The fourth-order valence-corrected chi connectivity index (χ4v) is 2.44. The van der Waals surface area contributed by atoms with Crippen molar-refractivity contribution in [3.05, 3.63) is 0 Å². The van der Waals surface area contributed by atoms with Crippen molar-refractivity contribution in [2.24, 2.45) is 0 Å². The summed E-state index contributed by atoms with van der Waals surface area (Å²) in [6.45, 7) is 0.484. The van der Waals surface area contributed by atoms with Crippen molar-refractivity contribution < 1.29 is 55.1 Å². The number of rotatable bonds is 10. The summed E-state index contributed by atoms with van der Waals surface area (Å²) in [6, 6.07) is 0. The monoisotopic (exact) mass is 372 g/mol. The van der Waals surface area contributed by atoms with Gasteiger partial charge < -0.3 is 55.1 Å². The zero-order valence-corrected chi connectivity index (χ0v) is 13.8. The average molecular weight is 372 g/mol. The minimum absolute atomic E-state index is 0.0402. The second kappa shape index (κ2) is 10.6. The molecule has 9 atom stereocenters. The van der Waals surface area contributed by atoms with Gasteiger partial charge in [-0.1, -0.05) is 0 Å². The number of aliphatic hydroxyl groups is 8. The van der Waals surface area contributed by atoms with Gasteiger partial charge in [0.15, 0.2) is 12.6 Å². The van der Waals surface area contributed by atoms with Crippen molar-refractivity contribution >= 4 is 0 Å². The predicted molar refractivity (Wildman–Crippen MR) is 80.0 cm³/mol. The SMILES string of the molecule is CCOC(O)C(OC1OC(CO)C(O)C(O)C1O)C(O)C(O)CCO. The molecule has 1 fully saturated rings. The van der Waals surface area contributed by atoms with Crippen LogP contribution < -0.4 is 0 Å². The third-order valence-electron chi connectivity index (χ3n) is 3.91. The molecule has 0 saturated carbocycles. The van der Waals surface area contributed by atoms with E-state index in [1.165, 1.54) is 0 Å². The quantitative estimate of drug-likeness (QED) is 0.173. The van der Waals surface area contributed by atoms with Crippen LogP contribution in [0.15, 0.2) is 0 Å². The molecule has 1 saturated heterocycles. The van der Waals surface area contributed by atoms with Crippen LogP contribution in [0, 0.1) is 0 Å². The van der Waals surface area contributed by atoms with Gasteiger partial charge in [0.05, 0.1) is 12.7 Å². The molecule has 1 aliphatic rings. The summed E-state index contributed by atoms with van der Waals surface area (Å²) in [5.41, 5.74) is 0. The summed E-state index contributed by atoms with van der Waals surface area (Å²) in [5, 5.41) is 77.3. The van der Waals surface area contributed by atoms with Gasteiger partial charge in [0.2, 0.25) is 0 Å². The van der Waals surface area contributed by atoms with E-state index in [2.05, 4.69) is 0 Å². The van der Waals surface area contributed by atoms with Crippen LogP contribution in [-0.4, -0.2) is 116 Å². The summed E-state index contributed by atoms with van der Waals surface area (Å²) in [5.74, 6) is 0. The Morgan fingerprint density at radius 2 is 1.64 bits per heavy atom. The Labute approximate surface area is 144 Å². The fourth-order valence-electron chi connectivity index (χ4n) is 2.44. The van der Waals surface area contributed by atoms with Crippen LogP contribution >= 0.6 is 0 Å². The lowest BCUT2D eigenvalue weighted by Crippen LogP contribution is -2.61. The lowest BCUT2D eigenvalue weighted by atomic mass is 9.99. The molecule has 0 aromatic rings. The largest absolute Gasteiger partial charge is 0.396 e. The molecule has 1 heterocycles. The molecule has 0 aromatic heterocycles. The van der Waals surface area contributed by atoms with Crippen LogP contribution in [0.3, 0.4) is 0 Å². The van der Waals surface area contributed by atoms with Crippen molar-refractivity contribution in [3.8, 4) is 0 Å². The van der Waals surface area contributed by atoms with Gasteiger partial charge in [-0.2, -0.15) is 0 Å². The maximum atomic E-state index is 10.1. The van der Waals surface area contributed by atoms with E-state index in [0.717, 1.165) is 0 Å². The van der Waals surface area contributed by atoms with Crippen molar-refractivity contribution in [3.63, 3.8) is 0 Å². The molecule has 0 aromatic carbocycles. The molecule has 9 unspecified atom stereocenters. The summed E-state index contributed by atoms with van der Waals surface area (Å²) in [6.07, 6.45) is -14.7. The maximum absolute atomic E-state index is 10.1. The van der Waals surface area contributed by atoms with Crippen LogP contribution in [0.2, 0.25) is 0 Å². The number of aliphatic hydroxyl groups excluding tert-OH is 8. The first-order chi connectivity index (χ1) is 11.8. The molecule has 0 aliphatic carbocycles. The molecular weight excluding hydrogens is 344 g/mol. The lowest BCUT2D eigenvalue weighted by molar-refractivity contribution is -0.340. The second-order valence-corrected chi connectivity index (χ2v) is 5.71. The van der Waals surface area contributed by atoms with Gasteiger partial charge in [-0.05, 0) is 13.3 Å². The second-order valence-electron chi connectivity index (χ2n) is 5.71. The fraction of sp³-hybridized carbons (Fsp3) is 1.00. The zero-order valence-electron chi connectivity index (χ0n) is 13.8. The highest BCUT2D eigenvalue weighted by Gasteiger charge is 2.46. The van der Waals surface area contributed by atoms with Gasteiger partial charge in [-0.3, -0.25) is 0 Å². The molecular formula is C14H28O11. The van der Waals surface area contributed by atoms with Crippen LogP contribution in [0.5, 0.6) is 0 Å². The summed E-state index contributed by atoms with van der Waals surface area (Å²) < 4.78 is 15.3. The van der Waals surface area contributed by atoms with E-state index in [4.69, 9.17) is 24.4 Å². The van der Waals surface area contributed by atoms with Crippen molar-refractivity contribution in [2.45, 2.75) is 68.7 Å². The zero-order chi connectivity index (χ0) is 19.1. The summed E-state index contributed by atoms with van der Waals surface area (Å²) in [4.78, 5) is 0. The Morgan fingerprint density at radius 1 is 1.00 bits per heavy atom. The van der Waals surface area contributed by atoms with Crippen molar-refractivity contribution in [1.82, 2.24) is 0 Å². The normalized spacial score (nSPS) is 35.2. The number of ether oxygens (including phenoxy) is 3. The molecule has 11 nitrogen and oxygen atoms in total. The molecule has 0 radical (unpaired) electrons. The Kier molecular flexibility index (Phi) is 9.62. The van der Waals surface area contributed by atoms with Gasteiger partial charge in [0, 0.05) is 13.2 Å². The van der Waals surface area contributed by atoms with Gasteiger partial charge in [0.1, 0.15) is 36.6 Å². The van der Waals surface area contributed by atoms with E-state index < -0.39 is 68.5 Å². The maximum Gasteiger partial charge on any atom is 0.187 e. The van der Waals surface area contributed by atoms with Gasteiger partial charge >= 0.3 is 0 Å². The number of hydrogen-bond donors (Lipinski definition) is 8. The molecule has 0 spiro atoms. The highest BCUT2D eigenvalue weighted by Crippen LogP contribution is 2.25. The Morgan fingerprint density at radius 3 is 2.16 bits per heavy atom. The molecule has 0 bridgehead atoms. The molecule has 11 heteroatoms. The smallest absolute Gasteiger partial charge is 0.187 e. The van der Waals surface area contributed by atoms with Gasteiger partial charge in [-0.15, -0.1) is 0 Å². The van der Waals surface area contributed by atoms with E-state index in [-0.39, 0.29) is 13.0 Å². The van der Waals surface area contributed by atoms with E-state index >= 15 is 0 Å². The summed E-state index contributed by atoms with van der Waals surface area (Å²) >= 11 is 0. The van der Waals surface area contributed by atoms with E-state index in [0.29, 0.717) is 0 Å². The Hall–Kier alpha value is -0.440. The van der Waals surface area contributed by atoms with Crippen LogP contribution in [-0.2, 0) is 14.2 Å². The third-order valence-corrected chi connectivity index (χ3v) is 3.91. The minimum Gasteiger partial charge on any atom is -0.396 e. The van der Waals surface area contributed by atoms with Crippen molar-refractivity contribution in [2.75, 3.05) is 19.8 Å². The average Bonchev–Trinajstić information content (AvgIpc) is 2.59. The Bertz CT molecular complexity index is 369. The minimum atomic E-state index is -1.75. The predicted octanol–water partition coefficient (Wildman–Crippen LogP) is -4.37.